The highest BCUT2D eigenvalue weighted by molar-refractivity contribution is 6.00. The first kappa shape index (κ1) is 48.8. The summed E-state index contributed by atoms with van der Waals surface area (Å²) in [5, 5.41) is 12.0. The van der Waals surface area contributed by atoms with Crippen molar-refractivity contribution >= 4 is 50.6 Å². The van der Waals surface area contributed by atoms with Crippen molar-refractivity contribution in [1.82, 2.24) is 39.1 Å². The number of carbonyl (C=O) groups is 3. The van der Waals surface area contributed by atoms with E-state index in [1.807, 2.05) is 18.5 Å². The van der Waals surface area contributed by atoms with Gasteiger partial charge in [0.05, 0.1) is 35.9 Å². The van der Waals surface area contributed by atoms with Crippen molar-refractivity contribution in [2.75, 3.05) is 26.8 Å². The Balaban J connectivity index is 0.623. The zero-order chi connectivity index (χ0) is 50.0. The number of Topliss-reactive ketones (excluding diaryl/α,β-unsaturated/α-hetero) is 1. The number of carbonyl (C=O) groups excluding carboxylic acids is 3. The van der Waals surface area contributed by atoms with Crippen LogP contribution in [0.3, 0.4) is 0 Å². The second kappa shape index (κ2) is 21.6. The summed E-state index contributed by atoms with van der Waals surface area (Å²) < 4.78 is 10.9. The molecule has 6 heterocycles. The number of aromatic nitrogens is 6. The number of aryl methyl sites for hydroxylation is 1. The van der Waals surface area contributed by atoms with Gasteiger partial charge in [0.2, 0.25) is 11.8 Å². The smallest absolute Gasteiger partial charge is 0.329 e. The van der Waals surface area contributed by atoms with Crippen molar-refractivity contribution < 1.29 is 19.1 Å². The van der Waals surface area contributed by atoms with Gasteiger partial charge in [0, 0.05) is 61.8 Å². The zero-order valence-electron chi connectivity index (χ0n) is 42.6. The second-order valence-corrected chi connectivity index (χ2v) is 21.8. The molecule has 380 valence electrons. The molecule has 2 saturated heterocycles. The number of nitrogens with one attached hydrogen (secondary N) is 2. The lowest BCUT2D eigenvalue weighted by molar-refractivity contribution is -0.135. The molecular formula is C60H70N8O5. The molecule has 0 radical (unpaired) electrons. The van der Waals surface area contributed by atoms with Crippen LogP contribution in [-0.2, 0) is 40.9 Å². The number of aromatic amines is 1. The standard InChI is InChI=1S/C60H70N8O5/c1-65-49(36-51-50(23-26-61-58(51)65)47-18-19-52-48(35-47)37-62-64-52)38-66-27-24-45(25-28-66)44-14-16-46(17-15-44)56(69)34-42-11-9-41(10-12-42)31-39-5-3-7-40(8-4-6-39)32-43-13-20-53-55(33-43)67(29-30-73-2)60(72)68(53)54-21-22-57(70)63-59(54)71/h5,13-20,23,26,33,35-37,40-42,45,54H,3-4,6-12,21-22,24-25,27-32,34,38H2,1-2H3,(H,62,64)(H,63,70,71)/b39-5-. The Morgan fingerprint density at radius 2 is 1.62 bits per heavy atom. The molecule has 1 saturated carbocycles. The number of H-pyrrole nitrogens is 1. The maximum absolute atomic E-state index is 13.7. The SMILES string of the molecule is COCCn1c(=O)n(C2CCC(=O)NC2=O)c2ccc(CC3CC/C=C(\CC4CCC(CC(=O)c5ccc(C6CCN(Cc7cc8c(-c9ccc%10[nH]ncc%10c9)ccnc8n7C)CC6)cc5)CC4)CCC3)cc21. The number of pyridine rings is 1. The molecule has 7 aromatic rings. The third-order valence-electron chi connectivity index (χ3n) is 17.2. The summed E-state index contributed by atoms with van der Waals surface area (Å²) in [6.45, 7) is 3.76. The van der Waals surface area contributed by atoms with Crippen molar-refractivity contribution in [2.45, 2.75) is 128 Å². The third kappa shape index (κ3) is 10.5. The molecule has 2 aliphatic heterocycles. The van der Waals surface area contributed by atoms with Crippen LogP contribution in [0.4, 0.5) is 0 Å². The van der Waals surface area contributed by atoms with E-state index in [0.29, 0.717) is 55.4 Å². The summed E-state index contributed by atoms with van der Waals surface area (Å²) in [4.78, 5) is 59.4. The molecule has 4 aliphatic rings. The normalized spacial score (nSPS) is 22.4. The first-order valence-corrected chi connectivity index (χ1v) is 27.1. The van der Waals surface area contributed by atoms with Crippen LogP contribution < -0.4 is 11.0 Å². The highest BCUT2D eigenvalue weighted by Crippen LogP contribution is 2.38. The van der Waals surface area contributed by atoms with E-state index in [9.17, 15) is 19.2 Å². The molecule has 11 rings (SSSR count). The highest BCUT2D eigenvalue weighted by atomic mass is 16.5. The Labute approximate surface area is 427 Å². The lowest BCUT2D eigenvalue weighted by atomic mass is 9.76. The summed E-state index contributed by atoms with van der Waals surface area (Å²) >= 11 is 0. The van der Waals surface area contributed by atoms with Crippen molar-refractivity contribution in [1.29, 1.82) is 0 Å². The van der Waals surface area contributed by atoms with Crippen molar-refractivity contribution in [3.05, 3.63) is 130 Å². The molecular weight excluding hydrogens is 913 g/mol. The lowest BCUT2D eigenvalue weighted by Gasteiger charge is -2.32. The van der Waals surface area contributed by atoms with E-state index in [1.54, 1.807) is 21.8 Å². The Morgan fingerprint density at radius 3 is 2.42 bits per heavy atom. The topological polar surface area (TPSA) is 149 Å². The van der Waals surface area contributed by atoms with Crippen LogP contribution in [-0.4, -0.2) is 78.2 Å². The fourth-order valence-electron chi connectivity index (χ4n) is 13.0. The van der Waals surface area contributed by atoms with Crippen molar-refractivity contribution in [3.8, 4) is 11.1 Å². The minimum atomic E-state index is -0.705. The number of imidazole rings is 1. The number of likely N-dealkylation sites (tertiary alicyclic amines) is 1. The van der Waals surface area contributed by atoms with Crippen LogP contribution in [0.25, 0.3) is 44.1 Å². The van der Waals surface area contributed by atoms with Gasteiger partial charge in [0.15, 0.2) is 5.78 Å². The van der Waals surface area contributed by atoms with Crippen molar-refractivity contribution in [3.63, 3.8) is 0 Å². The van der Waals surface area contributed by atoms with E-state index in [2.05, 4.69) is 105 Å². The van der Waals surface area contributed by atoms with E-state index in [0.717, 1.165) is 104 Å². The average molecular weight is 983 g/mol. The number of ether oxygens (including phenoxy) is 1. The van der Waals surface area contributed by atoms with Gasteiger partial charge in [-0.25, -0.2) is 9.78 Å². The highest BCUT2D eigenvalue weighted by Gasteiger charge is 2.32. The lowest BCUT2D eigenvalue weighted by Crippen LogP contribution is -2.44. The van der Waals surface area contributed by atoms with E-state index < -0.39 is 11.9 Å². The number of ketones is 1. The number of piperidine rings is 2. The molecule has 2 amide bonds. The van der Waals surface area contributed by atoms with Crippen LogP contribution in [0, 0.1) is 17.8 Å². The number of rotatable bonds is 15. The number of allylic oxidation sites excluding steroid dienone is 2. The number of imide groups is 1. The van der Waals surface area contributed by atoms with Gasteiger partial charge >= 0.3 is 5.69 Å². The first-order chi connectivity index (χ1) is 35.6. The molecule has 0 bridgehead atoms. The van der Waals surface area contributed by atoms with Gasteiger partial charge in [-0.1, -0.05) is 48.0 Å². The Morgan fingerprint density at radius 1 is 0.808 bits per heavy atom. The number of methoxy groups -OCH3 is 1. The van der Waals surface area contributed by atoms with E-state index >= 15 is 0 Å². The molecule has 73 heavy (non-hydrogen) atoms. The summed E-state index contributed by atoms with van der Waals surface area (Å²) in [7, 11) is 3.76. The summed E-state index contributed by atoms with van der Waals surface area (Å²) in [6.07, 6.45) is 22.3. The predicted molar refractivity (Wildman–Crippen MR) is 286 cm³/mol. The van der Waals surface area contributed by atoms with Gasteiger partial charge in [-0.3, -0.25) is 38.8 Å². The molecule has 4 aromatic heterocycles. The van der Waals surface area contributed by atoms with E-state index in [4.69, 9.17) is 9.72 Å². The predicted octanol–water partition coefficient (Wildman–Crippen LogP) is 10.8. The van der Waals surface area contributed by atoms with Crippen LogP contribution in [0.15, 0.2) is 102 Å². The minimum absolute atomic E-state index is 0.217. The maximum Gasteiger partial charge on any atom is 0.329 e. The fraction of sp³-hybridized carbons (Fsp3) is 0.467. The average Bonchev–Trinajstić information content (AvgIpc) is 4.08. The molecule has 2 N–H and O–H groups in total. The Hall–Kier alpha value is -6.44. The largest absolute Gasteiger partial charge is 0.383 e. The number of nitrogens with zero attached hydrogens (tertiary/aromatic N) is 6. The summed E-state index contributed by atoms with van der Waals surface area (Å²) in [5.74, 6) is 1.83. The van der Waals surface area contributed by atoms with Crippen LogP contribution in [0.5, 0.6) is 0 Å². The third-order valence-corrected chi connectivity index (χ3v) is 17.2. The van der Waals surface area contributed by atoms with E-state index in [1.165, 1.54) is 65.4 Å². The minimum Gasteiger partial charge on any atom is -0.383 e. The van der Waals surface area contributed by atoms with Gasteiger partial charge in [0.25, 0.3) is 0 Å². The molecule has 0 spiro atoms. The molecule has 2 aliphatic carbocycles. The van der Waals surface area contributed by atoms with Gasteiger partial charge in [-0.2, -0.15) is 5.10 Å². The molecule has 13 heteroatoms. The van der Waals surface area contributed by atoms with Crippen molar-refractivity contribution in [2.24, 2.45) is 24.8 Å². The number of hydrogen-bond acceptors (Lipinski definition) is 8. The quantitative estimate of drug-likeness (QED) is 0.0586. The monoisotopic (exact) mass is 983 g/mol. The molecule has 3 fully saturated rings. The fourth-order valence-corrected chi connectivity index (χ4v) is 13.0. The summed E-state index contributed by atoms with van der Waals surface area (Å²) in [6, 6.07) is 25.1. The first-order valence-electron chi connectivity index (χ1n) is 27.1. The maximum atomic E-state index is 13.7. The van der Waals surface area contributed by atoms with Gasteiger partial charge in [-0.15, -0.1) is 0 Å². The van der Waals surface area contributed by atoms with Crippen LogP contribution in [0.1, 0.15) is 135 Å². The van der Waals surface area contributed by atoms with E-state index in [-0.39, 0.29) is 18.0 Å². The van der Waals surface area contributed by atoms with Crippen LogP contribution in [0.2, 0.25) is 0 Å². The number of benzene rings is 3. The molecule has 2 atom stereocenters. The Kier molecular flexibility index (Phi) is 14.4. The Bertz CT molecular complexity index is 3230. The number of hydrogen-bond donors (Lipinski definition) is 2. The van der Waals surface area contributed by atoms with Gasteiger partial charge in [-0.05, 0) is 185 Å². The van der Waals surface area contributed by atoms with Gasteiger partial charge < -0.3 is 9.30 Å². The van der Waals surface area contributed by atoms with Gasteiger partial charge in [0.1, 0.15) is 11.7 Å². The summed E-state index contributed by atoms with van der Waals surface area (Å²) in [5.41, 5.74) is 12.0. The molecule has 2 unspecified atom stereocenters. The molecule has 13 nitrogen and oxygen atoms in total. The zero-order valence-corrected chi connectivity index (χ0v) is 42.6. The second-order valence-electron chi connectivity index (χ2n) is 21.8. The number of amides is 2. The number of fused-ring (bicyclic) bond motifs is 3. The molecule has 3 aromatic carbocycles. The van der Waals surface area contributed by atoms with Crippen LogP contribution >= 0.6 is 0 Å².